The molecule has 0 radical (unpaired) electrons. The van der Waals surface area contributed by atoms with Crippen molar-refractivity contribution in [3.8, 4) is 22.4 Å². The molecule has 1 aromatic heterocycles. The van der Waals surface area contributed by atoms with E-state index in [0.29, 0.717) is 0 Å². The van der Waals surface area contributed by atoms with Gasteiger partial charge in [-0.05, 0) is 56.5 Å². The lowest BCUT2D eigenvalue weighted by Crippen LogP contribution is -2.32. The molecule has 0 fully saturated rings. The number of pyridine rings is 1. The number of benzene rings is 2. The fourth-order valence-corrected chi connectivity index (χ4v) is 3.39. The molecular formula is C22H24N+. The zero-order valence-electron chi connectivity index (χ0n) is 14.6. The van der Waals surface area contributed by atoms with Crippen LogP contribution in [0, 0.1) is 27.7 Å². The Labute approximate surface area is 139 Å². The Kier molecular flexibility index (Phi) is 4.04. The van der Waals surface area contributed by atoms with E-state index >= 15 is 0 Å². The van der Waals surface area contributed by atoms with Gasteiger partial charge in [0.25, 0.3) is 0 Å². The quantitative estimate of drug-likeness (QED) is 0.581. The van der Waals surface area contributed by atoms with Crippen LogP contribution in [0.1, 0.15) is 22.3 Å². The fraction of sp³-hybridized carbons (Fsp3) is 0.227. The van der Waals surface area contributed by atoms with Gasteiger partial charge in [0.2, 0.25) is 5.69 Å². The van der Waals surface area contributed by atoms with Crippen LogP contribution in [-0.2, 0) is 7.05 Å². The lowest BCUT2D eigenvalue weighted by molar-refractivity contribution is -0.660. The third kappa shape index (κ3) is 2.92. The summed E-state index contributed by atoms with van der Waals surface area (Å²) >= 11 is 0. The van der Waals surface area contributed by atoms with Crippen LogP contribution < -0.4 is 4.57 Å². The minimum absolute atomic E-state index is 1.28. The molecule has 116 valence electrons. The minimum Gasteiger partial charge on any atom is -0.200 e. The summed E-state index contributed by atoms with van der Waals surface area (Å²) in [6.07, 6.45) is 2.20. The highest BCUT2D eigenvalue weighted by Crippen LogP contribution is 2.33. The molecule has 0 bridgehead atoms. The zero-order chi connectivity index (χ0) is 16.6. The van der Waals surface area contributed by atoms with Crippen molar-refractivity contribution in [1.82, 2.24) is 0 Å². The largest absolute Gasteiger partial charge is 0.220 e. The highest BCUT2D eigenvalue weighted by Gasteiger charge is 2.20. The minimum atomic E-state index is 1.28. The second-order valence-electron chi connectivity index (χ2n) is 6.52. The topological polar surface area (TPSA) is 3.88 Å². The average molecular weight is 302 g/mol. The molecule has 0 aliphatic carbocycles. The number of nitrogens with zero attached hydrogens (tertiary/aromatic N) is 1. The summed E-state index contributed by atoms with van der Waals surface area (Å²) in [7, 11) is 2.14. The molecule has 0 unspecified atom stereocenters. The van der Waals surface area contributed by atoms with Gasteiger partial charge in [0.05, 0.1) is 5.56 Å². The van der Waals surface area contributed by atoms with Gasteiger partial charge in [-0.1, -0.05) is 42.0 Å². The summed E-state index contributed by atoms with van der Waals surface area (Å²) in [6, 6.07) is 17.6. The van der Waals surface area contributed by atoms with Crippen LogP contribution >= 0.6 is 0 Å². The van der Waals surface area contributed by atoms with Gasteiger partial charge in [-0.25, -0.2) is 4.57 Å². The van der Waals surface area contributed by atoms with E-state index in [-0.39, 0.29) is 0 Å². The van der Waals surface area contributed by atoms with E-state index < -0.39 is 0 Å². The molecule has 0 saturated carbocycles. The lowest BCUT2D eigenvalue weighted by Gasteiger charge is -2.13. The first-order chi connectivity index (χ1) is 11.0. The van der Waals surface area contributed by atoms with E-state index in [1.54, 1.807) is 0 Å². The molecule has 0 aliphatic heterocycles. The Morgan fingerprint density at radius 1 is 0.652 bits per heavy atom. The van der Waals surface area contributed by atoms with Crippen LogP contribution in [0.5, 0.6) is 0 Å². The first kappa shape index (κ1) is 15.5. The second-order valence-corrected chi connectivity index (χ2v) is 6.52. The standard InChI is InChI=1S/C22H24N/c1-15-10-11-19(18(4)12-15)21-13-16(2)14-23(5)22(21)20-9-7-6-8-17(20)3/h6-14H,1-5H3/q+1. The van der Waals surface area contributed by atoms with E-state index in [1.165, 1.54) is 44.6 Å². The first-order valence-electron chi connectivity index (χ1n) is 8.11. The number of aromatic nitrogens is 1. The van der Waals surface area contributed by atoms with Crippen LogP contribution in [0.15, 0.2) is 54.7 Å². The van der Waals surface area contributed by atoms with Crippen LogP contribution in [0.25, 0.3) is 22.4 Å². The summed E-state index contributed by atoms with van der Waals surface area (Å²) in [6.45, 7) is 8.69. The summed E-state index contributed by atoms with van der Waals surface area (Å²) in [5.74, 6) is 0. The smallest absolute Gasteiger partial charge is 0.200 e. The normalized spacial score (nSPS) is 10.8. The van der Waals surface area contributed by atoms with Crippen LogP contribution in [0.4, 0.5) is 0 Å². The summed E-state index contributed by atoms with van der Waals surface area (Å²) < 4.78 is 2.26. The Morgan fingerprint density at radius 3 is 2.09 bits per heavy atom. The molecule has 0 atom stereocenters. The molecule has 3 rings (SSSR count). The van der Waals surface area contributed by atoms with E-state index in [2.05, 4.69) is 94.0 Å². The van der Waals surface area contributed by atoms with E-state index in [0.717, 1.165) is 0 Å². The molecule has 0 aliphatic rings. The molecule has 1 heterocycles. The van der Waals surface area contributed by atoms with Gasteiger partial charge in [0.15, 0.2) is 6.20 Å². The third-order valence-corrected chi connectivity index (χ3v) is 4.45. The van der Waals surface area contributed by atoms with Crippen LogP contribution in [0.3, 0.4) is 0 Å². The van der Waals surface area contributed by atoms with Crippen LogP contribution in [0.2, 0.25) is 0 Å². The summed E-state index contributed by atoms with van der Waals surface area (Å²) in [5, 5.41) is 0. The Bertz CT molecular complexity index is 875. The van der Waals surface area contributed by atoms with Crippen molar-refractivity contribution in [2.45, 2.75) is 27.7 Å². The molecule has 23 heavy (non-hydrogen) atoms. The van der Waals surface area contributed by atoms with Gasteiger partial charge in [0, 0.05) is 11.1 Å². The molecule has 0 amide bonds. The molecule has 3 aromatic rings. The van der Waals surface area contributed by atoms with Crippen molar-refractivity contribution >= 4 is 0 Å². The lowest BCUT2D eigenvalue weighted by atomic mass is 9.92. The van der Waals surface area contributed by atoms with Crippen molar-refractivity contribution in [2.24, 2.45) is 7.05 Å². The maximum Gasteiger partial charge on any atom is 0.220 e. The Balaban J connectivity index is 2.35. The SMILES string of the molecule is Cc1ccc(-c2cc(C)c[n+](C)c2-c2ccccc2C)c(C)c1. The van der Waals surface area contributed by atoms with Crippen molar-refractivity contribution in [3.05, 3.63) is 77.0 Å². The predicted octanol–water partition coefficient (Wildman–Crippen LogP) is 5.08. The van der Waals surface area contributed by atoms with Gasteiger partial charge in [-0.2, -0.15) is 0 Å². The van der Waals surface area contributed by atoms with E-state index in [4.69, 9.17) is 0 Å². The van der Waals surface area contributed by atoms with Crippen molar-refractivity contribution in [2.75, 3.05) is 0 Å². The van der Waals surface area contributed by atoms with Gasteiger partial charge in [-0.3, -0.25) is 0 Å². The average Bonchev–Trinajstić information content (AvgIpc) is 2.48. The first-order valence-corrected chi connectivity index (χ1v) is 8.11. The maximum absolute atomic E-state index is 2.30. The Morgan fingerprint density at radius 2 is 1.39 bits per heavy atom. The van der Waals surface area contributed by atoms with Gasteiger partial charge >= 0.3 is 0 Å². The number of rotatable bonds is 2. The molecule has 0 saturated heterocycles. The predicted molar refractivity (Wildman–Crippen MR) is 97.4 cm³/mol. The summed E-state index contributed by atoms with van der Waals surface area (Å²) in [5.41, 5.74) is 10.4. The summed E-state index contributed by atoms with van der Waals surface area (Å²) in [4.78, 5) is 0. The highest BCUT2D eigenvalue weighted by molar-refractivity contribution is 5.82. The van der Waals surface area contributed by atoms with Crippen LogP contribution in [-0.4, -0.2) is 0 Å². The fourth-order valence-electron chi connectivity index (χ4n) is 3.39. The highest BCUT2D eigenvalue weighted by atomic mass is 14.9. The molecule has 1 heteroatoms. The molecule has 0 N–H and O–H groups in total. The monoisotopic (exact) mass is 302 g/mol. The van der Waals surface area contributed by atoms with Gasteiger partial charge in [0.1, 0.15) is 7.05 Å². The van der Waals surface area contributed by atoms with Crippen molar-refractivity contribution < 1.29 is 4.57 Å². The number of hydrogen-bond donors (Lipinski definition) is 0. The molecule has 1 nitrogen and oxygen atoms in total. The number of aryl methyl sites for hydroxylation is 5. The van der Waals surface area contributed by atoms with E-state index in [1.807, 2.05) is 0 Å². The Hall–Kier alpha value is -2.41. The van der Waals surface area contributed by atoms with E-state index in [9.17, 15) is 0 Å². The molecule has 2 aromatic carbocycles. The van der Waals surface area contributed by atoms with Crippen molar-refractivity contribution in [1.29, 1.82) is 0 Å². The maximum atomic E-state index is 2.30. The third-order valence-electron chi connectivity index (χ3n) is 4.45. The van der Waals surface area contributed by atoms with Gasteiger partial charge in [-0.15, -0.1) is 0 Å². The molecular weight excluding hydrogens is 278 g/mol. The van der Waals surface area contributed by atoms with Gasteiger partial charge < -0.3 is 0 Å². The zero-order valence-corrected chi connectivity index (χ0v) is 14.6. The molecule has 0 spiro atoms. The number of hydrogen-bond acceptors (Lipinski definition) is 0. The second kappa shape index (κ2) is 6.00. The van der Waals surface area contributed by atoms with Crippen molar-refractivity contribution in [3.63, 3.8) is 0 Å².